The number of rotatable bonds is 4. The van der Waals surface area contributed by atoms with E-state index in [0.717, 1.165) is 5.69 Å². The van der Waals surface area contributed by atoms with Crippen LogP contribution in [0.5, 0.6) is 0 Å². The lowest BCUT2D eigenvalue weighted by molar-refractivity contribution is -0.384. The zero-order valence-corrected chi connectivity index (χ0v) is 13.6. The molecule has 0 saturated carbocycles. The zero-order valence-electron chi connectivity index (χ0n) is 13.6. The van der Waals surface area contributed by atoms with Gasteiger partial charge in [0.25, 0.3) is 11.6 Å². The van der Waals surface area contributed by atoms with Crippen LogP contribution >= 0.6 is 0 Å². The van der Waals surface area contributed by atoms with Crippen LogP contribution in [0.25, 0.3) is 0 Å². The van der Waals surface area contributed by atoms with Gasteiger partial charge in [-0.25, -0.2) is 10.2 Å². The quantitative estimate of drug-likeness (QED) is 0.581. The molecule has 0 unspecified atom stereocenters. The van der Waals surface area contributed by atoms with Crippen LogP contribution in [0.1, 0.15) is 10.4 Å². The summed E-state index contributed by atoms with van der Waals surface area (Å²) in [5.41, 5.74) is 5.76. The molecule has 2 aromatic carbocycles. The van der Waals surface area contributed by atoms with Crippen LogP contribution in [0.3, 0.4) is 0 Å². The number of nitro benzene ring substituents is 1. The molecule has 0 saturated heterocycles. The van der Waals surface area contributed by atoms with E-state index in [0.29, 0.717) is 5.56 Å². The lowest BCUT2D eigenvalue weighted by atomic mass is 10.2. The molecular weight excluding hydrogens is 326 g/mol. The van der Waals surface area contributed by atoms with Crippen LogP contribution < -0.4 is 21.1 Å². The van der Waals surface area contributed by atoms with Crippen LogP contribution in [0.2, 0.25) is 0 Å². The maximum absolute atomic E-state index is 12.1. The van der Waals surface area contributed by atoms with E-state index in [1.807, 2.05) is 25.1 Å². The van der Waals surface area contributed by atoms with Gasteiger partial charge in [0, 0.05) is 43.2 Å². The van der Waals surface area contributed by atoms with E-state index in [-0.39, 0.29) is 11.4 Å². The molecule has 0 atom stereocenters. The number of nitro groups is 1. The van der Waals surface area contributed by atoms with Gasteiger partial charge in [-0.1, -0.05) is 12.1 Å². The summed E-state index contributed by atoms with van der Waals surface area (Å²) in [5.74, 6) is -0.488. The minimum absolute atomic E-state index is 0.151. The van der Waals surface area contributed by atoms with Gasteiger partial charge in [0.2, 0.25) is 0 Å². The Morgan fingerprint density at radius 3 is 2.44 bits per heavy atom. The molecule has 0 aliphatic rings. The number of nitrogens with one attached hydrogen (secondary N) is 3. The first-order valence-electron chi connectivity index (χ1n) is 7.26. The molecule has 0 fully saturated rings. The van der Waals surface area contributed by atoms with Gasteiger partial charge in [0.05, 0.1) is 4.92 Å². The van der Waals surface area contributed by atoms with Crippen LogP contribution in [-0.4, -0.2) is 31.0 Å². The van der Waals surface area contributed by atoms with Crippen molar-refractivity contribution in [1.82, 2.24) is 10.9 Å². The number of urea groups is 1. The highest BCUT2D eigenvalue weighted by atomic mass is 16.6. The molecule has 0 aliphatic carbocycles. The summed E-state index contributed by atoms with van der Waals surface area (Å²) in [7, 11) is 3.70. The first kappa shape index (κ1) is 17.7. The summed E-state index contributed by atoms with van der Waals surface area (Å²) in [6.45, 7) is 0. The lowest BCUT2D eigenvalue weighted by Gasteiger charge is -2.14. The third kappa shape index (κ3) is 4.93. The van der Waals surface area contributed by atoms with E-state index in [4.69, 9.17) is 0 Å². The number of anilines is 2. The normalized spacial score (nSPS) is 9.84. The minimum atomic E-state index is -0.724. The summed E-state index contributed by atoms with van der Waals surface area (Å²) in [6, 6.07) is 11.6. The SMILES string of the molecule is CN(C)c1cccc(C(=O)NNC(=O)Nc2cccc([N+](=O)[O-])c2)c1. The van der Waals surface area contributed by atoms with Crippen molar-refractivity contribution in [2.24, 2.45) is 0 Å². The average Bonchev–Trinajstić information content (AvgIpc) is 2.60. The van der Waals surface area contributed by atoms with E-state index in [9.17, 15) is 19.7 Å². The number of amides is 3. The van der Waals surface area contributed by atoms with Crippen LogP contribution in [0.15, 0.2) is 48.5 Å². The Morgan fingerprint density at radius 2 is 1.76 bits per heavy atom. The first-order chi connectivity index (χ1) is 11.9. The first-order valence-corrected chi connectivity index (χ1v) is 7.26. The molecule has 3 N–H and O–H groups in total. The predicted octanol–water partition coefficient (Wildman–Crippen LogP) is 2.13. The number of hydrazine groups is 1. The Kier molecular flexibility index (Phi) is 5.51. The minimum Gasteiger partial charge on any atom is -0.378 e. The molecule has 130 valence electrons. The van der Waals surface area contributed by atoms with Crippen LogP contribution in [-0.2, 0) is 0 Å². The van der Waals surface area contributed by atoms with Gasteiger partial charge in [-0.2, -0.15) is 0 Å². The van der Waals surface area contributed by atoms with Crippen molar-refractivity contribution in [3.05, 3.63) is 64.2 Å². The number of benzene rings is 2. The number of carbonyl (C=O) groups excluding carboxylic acids is 2. The largest absolute Gasteiger partial charge is 0.378 e. The smallest absolute Gasteiger partial charge is 0.337 e. The number of carbonyl (C=O) groups is 2. The molecule has 2 rings (SSSR count). The van der Waals surface area contributed by atoms with Crippen LogP contribution in [0.4, 0.5) is 21.9 Å². The molecule has 0 spiro atoms. The van der Waals surface area contributed by atoms with E-state index < -0.39 is 16.9 Å². The molecule has 9 nitrogen and oxygen atoms in total. The van der Waals surface area contributed by atoms with Crippen molar-refractivity contribution >= 4 is 29.0 Å². The van der Waals surface area contributed by atoms with Gasteiger partial charge in [-0.3, -0.25) is 20.3 Å². The monoisotopic (exact) mass is 343 g/mol. The molecular formula is C16H17N5O4. The number of hydrogen-bond donors (Lipinski definition) is 3. The molecule has 9 heteroatoms. The van der Waals surface area contributed by atoms with Crippen molar-refractivity contribution in [2.75, 3.05) is 24.3 Å². The second kappa shape index (κ2) is 7.77. The summed E-state index contributed by atoms with van der Waals surface area (Å²) < 4.78 is 0. The Labute approximate surface area is 143 Å². The van der Waals surface area contributed by atoms with Gasteiger partial charge >= 0.3 is 6.03 Å². The van der Waals surface area contributed by atoms with Gasteiger partial charge in [-0.05, 0) is 24.3 Å². The van der Waals surface area contributed by atoms with Crippen molar-refractivity contribution in [2.45, 2.75) is 0 Å². The second-order valence-corrected chi connectivity index (χ2v) is 5.29. The van der Waals surface area contributed by atoms with E-state index in [1.165, 1.54) is 24.3 Å². The van der Waals surface area contributed by atoms with Gasteiger partial charge in [0.1, 0.15) is 0 Å². The summed E-state index contributed by atoms with van der Waals surface area (Å²) >= 11 is 0. The zero-order chi connectivity index (χ0) is 18.4. The van der Waals surface area contributed by atoms with Crippen molar-refractivity contribution in [3.8, 4) is 0 Å². The standard InChI is InChI=1S/C16H17N5O4/c1-20(2)13-7-3-5-11(9-13)15(22)18-19-16(23)17-12-6-4-8-14(10-12)21(24)25/h3-10H,1-2H3,(H,18,22)(H2,17,19,23). The molecule has 0 aromatic heterocycles. The summed E-state index contributed by atoms with van der Waals surface area (Å²) in [4.78, 5) is 35.8. The van der Waals surface area contributed by atoms with Crippen molar-refractivity contribution in [1.29, 1.82) is 0 Å². The Morgan fingerprint density at radius 1 is 1.04 bits per heavy atom. The molecule has 25 heavy (non-hydrogen) atoms. The van der Waals surface area contributed by atoms with Crippen molar-refractivity contribution in [3.63, 3.8) is 0 Å². The van der Waals surface area contributed by atoms with Gasteiger partial charge in [0.15, 0.2) is 0 Å². The average molecular weight is 343 g/mol. The molecule has 0 aliphatic heterocycles. The Bertz CT molecular complexity index is 807. The summed E-state index contributed by atoms with van der Waals surface area (Å²) in [6.07, 6.45) is 0. The predicted molar refractivity (Wildman–Crippen MR) is 93.5 cm³/mol. The fourth-order valence-electron chi connectivity index (χ4n) is 1.97. The summed E-state index contributed by atoms with van der Waals surface area (Å²) in [5, 5.41) is 13.1. The molecule has 0 radical (unpaired) electrons. The third-order valence-electron chi connectivity index (χ3n) is 3.23. The van der Waals surface area contributed by atoms with Crippen molar-refractivity contribution < 1.29 is 14.5 Å². The van der Waals surface area contributed by atoms with E-state index in [1.54, 1.807) is 18.2 Å². The molecule has 0 bridgehead atoms. The number of non-ortho nitro benzene ring substituents is 1. The molecule has 3 amide bonds. The fraction of sp³-hybridized carbons (Fsp3) is 0.125. The molecule has 0 heterocycles. The Hall–Kier alpha value is -3.62. The highest BCUT2D eigenvalue weighted by Gasteiger charge is 2.10. The highest BCUT2D eigenvalue weighted by molar-refractivity contribution is 5.97. The topological polar surface area (TPSA) is 117 Å². The fourth-order valence-corrected chi connectivity index (χ4v) is 1.97. The maximum Gasteiger partial charge on any atom is 0.337 e. The van der Waals surface area contributed by atoms with Gasteiger partial charge in [-0.15, -0.1) is 0 Å². The Balaban J connectivity index is 1.93. The van der Waals surface area contributed by atoms with Crippen LogP contribution in [0, 0.1) is 10.1 Å². The third-order valence-corrected chi connectivity index (χ3v) is 3.23. The second-order valence-electron chi connectivity index (χ2n) is 5.29. The van der Waals surface area contributed by atoms with E-state index in [2.05, 4.69) is 16.2 Å². The van der Waals surface area contributed by atoms with Gasteiger partial charge < -0.3 is 10.2 Å². The number of nitrogens with zero attached hydrogens (tertiary/aromatic N) is 2. The number of hydrogen-bond acceptors (Lipinski definition) is 5. The maximum atomic E-state index is 12.1. The molecule has 2 aromatic rings. The highest BCUT2D eigenvalue weighted by Crippen LogP contribution is 2.16. The van der Waals surface area contributed by atoms with E-state index >= 15 is 0 Å². The lowest BCUT2D eigenvalue weighted by Crippen LogP contribution is -2.43.